The van der Waals surface area contributed by atoms with E-state index < -0.39 is 18.6 Å². The average molecular weight is 146 g/mol. The summed E-state index contributed by atoms with van der Waals surface area (Å²) in [5, 5.41) is 10.1. The lowest BCUT2D eigenvalue weighted by Gasteiger charge is -1.97. The Labute approximate surface area is 57.4 Å². The Bertz CT molecular complexity index is 153. The number of nitrogens with zero attached hydrogens (tertiary/aromatic N) is 1. The maximum absolute atomic E-state index is 10.4. The van der Waals surface area contributed by atoms with Gasteiger partial charge in [0, 0.05) is 0 Å². The topological polar surface area (TPSA) is 75.7 Å². The van der Waals surface area contributed by atoms with Crippen molar-refractivity contribution in [2.45, 2.75) is 6.04 Å². The van der Waals surface area contributed by atoms with Crippen molar-refractivity contribution in [3.05, 3.63) is 0 Å². The third kappa shape index (κ3) is 3.05. The average Bonchev–Trinajstić information content (AvgIpc) is 1.87. The van der Waals surface area contributed by atoms with Gasteiger partial charge in [-0.3, -0.25) is 4.79 Å². The van der Waals surface area contributed by atoms with Crippen molar-refractivity contribution < 1.29 is 9.90 Å². The first kappa shape index (κ1) is 8.39. The number of aliphatic hydroxyl groups excluding tert-OH is 1. The molecule has 0 saturated heterocycles. The third-order valence-electron chi connectivity index (χ3n) is 0.670. The quantitative estimate of drug-likeness (QED) is 0.384. The second-order valence-electron chi connectivity index (χ2n) is 1.33. The van der Waals surface area contributed by atoms with E-state index in [4.69, 9.17) is 10.8 Å². The highest BCUT2D eigenvalue weighted by atomic mass is 32.1. The third-order valence-corrected chi connectivity index (χ3v) is 0.761. The largest absolute Gasteiger partial charge is 0.394 e. The molecule has 0 spiro atoms. The van der Waals surface area contributed by atoms with Crippen molar-refractivity contribution >= 4 is 23.3 Å². The summed E-state index contributed by atoms with van der Waals surface area (Å²) < 4.78 is 0. The van der Waals surface area contributed by atoms with Crippen LogP contribution in [-0.4, -0.2) is 28.8 Å². The van der Waals surface area contributed by atoms with Gasteiger partial charge in [0.25, 0.3) is 5.91 Å². The van der Waals surface area contributed by atoms with Crippen molar-refractivity contribution in [1.82, 2.24) is 0 Å². The van der Waals surface area contributed by atoms with Crippen LogP contribution in [-0.2, 0) is 4.79 Å². The van der Waals surface area contributed by atoms with Crippen LogP contribution in [0.1, 0.15) is 0 Å². The fraction of sp³-hybridized carbons (Fsp3) is 0.500. The van der Waals surface area contributed by atoms with Gasteiger partial charge in [-0.25, -0.2) is 0 Å². The first-order valence-electron chi connectivity index (χ1n) is 2.20. The second kappa shape index (κ2) is 4.29. The molecule has 1 amide bonds. The van der Waals surface area contributed by atoms with Crippen molar-refractivity contribution in [3.63, 3.8) is 0 Å². The highest BCUT2D eigenvalue weighted by molar-refractivity contribution is 7.78. The number of hydrogen-bond donors (Lipinski definition) is 2. The van der Waals surface area contributed by atoms with E-state index in [1.807, 2.05) is 5.16 Å². The molecule has 3 N–H and O–H groups in total. The molecule has 0 fully saturated rings. The minimum atomic E-state index is -0.958. The normalized spacial score (nSPS) is 11.8. The van der Waals surface area contributed by atoms with Crippen LogP contribution in [0.15, 0.2) is 4.99 Å². The molecule has 0 bridgehead atoms. The Hall–Kier alpha value is -0.610. The van der Waals surface area contributed by atoms with Gasteiger partial charge in [0.05, 0.1) is 11.8 Å². The highest BCUT2D eigenvalue weighted by Gasteiger charge is 2.08. The molecule has 0 radical (unpaired) electrons. The second-order valence-corrected chi connectivity index (χ2v) is 1.51. The molecule has 4 nitrogen and oxygen atoms in total. The number of amides is 1. The molecule has 0 unspecified atom stereocenters. The summed E-state index contributed by atoms with van der Waals surface area (Å²) in [5.41, 5.74) is 5.02. The molecule has 50 valence electrons. The number of rotatable bonds is 2. The van der Waals surface area contributed by atoms with Crippen LogP contribution in [0.5, 0.6) is 0 Å². The minimum absolute atomic E-state index is 0.417. The van der Waals surface area contributed by atoms with E-state index in [1.54, 1.807) is 0 Å². The molecular weight excluding hydrogens is 140 g/mol. The Morgan fingerprint density at radius 3 is 2.89 bits per heavy atom. The number of thiocarbonyl (C=S) groups is 1. The maximum atomic E-state index is 10.4. The van der Waals surface area contributed by atoms with Gasteiger partial charge in [0.2, 0.25) is 0 Å². The van der Waals surface area contributed by atoms with E-state index in [0.29, 0.717) is 0 Å². The first-order chi connectivity index (χ1) is 4.22. The lowest BCUT2D eigenvalue weighted by atomic mass is 10.3. The molecule has 1 atom stereocenters. The molecule has 0 aromatic carbocycles. The number of aliphatic hydroxyl groups is 1. The van der Waals surface area contributed by atoms with Gasteiger partial charge in [0.15, 0.2) is 0 Å². The lowest BCUT2D eigenvalue weighted by molar-refractivity contribution is -0.119. The zero-order chi connectivity index (χ0) is 7.28. The Morgan fingerprint density at radius 1 is 2.00 bits per heavy atom. The highest BCUT2D eigenvalue weighted by Crippen LogP contribution is 1.79. The molecule has 0 aliphatic carbocycles. The summed E-state index contributed by atoms with van der Waals surface area (Å²) in [6.07, 6.45) is 0. The van der Waals surface area contributed by atoms with E-state index in [-0.39, 0.29) is 0 Å². The van der Waals surface area contributed by atoms with E-state index in [1.165, 1.54) is 0 Å². The summed E-state index contributed by atoms with van der Waals surface area (Å²) >= 11 is 4.12. The molecule has 0 aliphatic rings. The molecule has 0 saturated carbocycles. The summed E-state index contributed by atoms with van der Waals surface area (Å²) in [5.74, 6) is -0.646. The van der Waals surface area contributed by atoms with Crippen LogP contribution >= 0.6 is 12.2 Å². The van der Waals surface area contributed by atoms with Crippen LogP contribution in [0, 0.1) is 0 Å². The van der Waals surface area contributed by atoms with E-state index in [9.17, 15) is 4.79 Å². The lowest BCUT2D eigenvalue weighted by Crippen LogP contribution is -2.32. The molecular formula is C4H6N2O2S. The van der Waals surface area contributed by atoms with Gasteiger partial charge in [-0.15, -0.1) is 0 Å². The van der Waals surface area contributed by atoms with Crippen molar-refractivity contribution in [1.29, 1.82) is 0 Å². The number of carbonyl (C=O) groups is 1. The number of hydrogen-bond acceptors (Lipinski definition) is 4. The van der Waals surface area contributed by atoms with Gasteiger partial charge >= 0.3 is 0 Å². The maximum Gasteiger partial charge on any atom is 0.273 e. The van der Waals surface area contributed by atoms with E-state index >= 15 is 0 Å². The Morgan fingerprint density at radius 2 is 2.56 bits per heavy atom. The monoisotopic (exact) mass is 146 g/mol. The summed E-state index contributed by atoms with van der Waals surface area (Å²) in [6.45, 7) is -0.417. The van der Waals surface area contributed by atoms with Crippen LogP contribution in [0.3, 0.4) is 0 Å². The van der Waals surface area contributed by atoms with Crippen LogP contribution in [0.2, 0.25) is 0 Å². The number of carbonyl (C=O) groups excluding carboxylic acids is 1. The molecule has 5 heteroatoms. The van der Waals surface area contributed by atoms with Gasteiger partial charge in [-0.1, -0.05) is 0 Å². The molecule has 0 aliphatic heterocycles. The Balaban J connectivity index is 3.87. The van der Waals surface area contributed by atoms with E-state index in [2.05, 4.69) is 17.2 Å². The zero-order valence-corrected chi connectivity index (χ0v) is 5.39. The van der Waals surface area contributed by atoms with Crippen LogP contribution in [0.4, 0.5) is 0 Å². The van der Waals surface area contributed by atoms with Gasteiger partial charge in [0.1, 0.15) is 6.04 Å². The van der Waals surface area contributed by atoms with E-state index in [0.717, 1.165) is 0 Å². The van der Waals surface area contributed by atoms with Crippen molar-refractivity contribution in [3.8, 4) is 0 Å². The molecule has 0 aromatic rings. The number of nitrogens with two attached hydrogens (primary N) is 1. The standard InChI is InChI=1S/C4H6N2O2S/c5-3(1-7)4(8)6-2-9/h3,7H,1,5H2/t3-/m0/s1. The Kier molecular flexibility index (Phi) is 4.00. The van der Waals surface area contributed by atoms with Gasteiger partial charge in [-0.05, 0) is 12.2 Å². The number of isothiocyanates is 1. The zero-order valence-electron chi connectivity index (χ0n) is 4.57. The summed E-state index contributed by atoms with van der Waals surface area (Å²) in [7, 11) is 0. The smallest absolute Gasteiger partial charge is 0.273 e. The minimum Gasteiger partial charge on any atom is -0.394 e. The van der Waals surface area contributed by atoms with Crippen molar-refractivity contribution in [2.24, 2.45) is 10.7 Å². The molecule has 0 aromatic heterocycles. The molecule has 0 heterocycles. The number of aliphatic imine (C=N–C) groups is 1. The van der Waals surface area contributed by atoms with Gasteiger partial charge < -0.3 is 10.8 Å². The fourth-order valence-corrected chi connectivity index (χ4v) is 0.296. The summed E-state index contributed by atoms with van der Waals surface area (Å²) in [4.78, 5) is 13.4. The summed E-state index contributed by atoms with van der Waals surface area (Å²) in [6, 6.07) is -0.958. The predicted octanol–water partition coefficient (Wildman–Crippen LogP) is -1.06. The van der Waals surface area contributed by atoms with Crippen LogP contribution in [0.25, 0.3) is 0 Å². The molecule has 0 rings (SSSR count). The molecule has 9 heavy (non-hydrogen) atoms. The van der Waals surface area contributed by atoms with Crippen LogP contribution < -0.4 is 5.73 Å². The predicted molar refractivity (Wildman–Crippen MR) is 35.1 cm³/mol. The first-order valence-corrected chi connectivity index (χ1v) is 2.61. The fourth-order valence-electron chi connectivity index (χ4n) is 0.206. The van der Waals surface area contributed by atoms with Gasteiger partial charge in [-0.2, -0.15) is 4.99 Å². The van der Waals surface area contributed by atoms with Crippen molar-refractivity contribution in [2.75, 3.05) is 6.61 Å². The SMILES string of the molecule is N[C@@H](CO)C(=O)N=C=S.